The molecule has 2 aromatic rings. The standard InChI is InChI=1S/C20H28N4O2/c1-25-14-15-7-10-23(11-8-15)18-13-24(22-20(18)16-4-3-5-16)17-6-9-21-19(12-17)26-2/h6,9,12-13,15-16H,3-5,7-8,10-11,14H2,1-2H3. The lowest BCUT2D eigenvalue weighted by Gasteiger charge is -2.34. The van der Waals surface area contributed by atoms with Crippen molar-refractivity contribution < 1.29 is 9.47 Å². The highest BCUT2D eigenvalue weighted by Gasteiger charge is 2.29. The zero-order valence-corrected chi connectivity index (χ0v) is 15.7. The Morgan fingerprint density at radius 2 is 1.96 bits per heavy atom. The molecule has 0 radical (unpaired) electrons. The fourth-order valence-corrected chi connectivity index (χ4v) is 3.96. The molecule has 2 fully saturated rings. The molecule has 1 saturated heterocycles. The molecule has 0 unspecified atom stereocenters. The number of ether oxygens (including phenoxy) is 2. The molecule has 26 heavy (non-hydrogen) atoms. The van der Waals surface area contributed by atoms with Crippen LogP contribution < -0.4 is 9.64 Å². The molecule has 2 aromatic heterocycles. The van der Waals surface area contributed by atoms with Crippen LogP contribution in [0, 0.1) is 5.92 Å². The smallest absolute Gasteiger partial charge is 0.215 e. The Morgan fingerprint density at radius 1 is 1.15 bits per heavy atom. The maximum atomic E-state index is 5.34. The molecular formula is C20H28N4O2. The van der Waals surface area contributed by atoms with E-state index in [0.29, 0.717) is 17.7 Å². The van der Waals surface area contributed by atoms with E-state index in [9.17, 15) is 0 Å². The summed E-state index contributed by atoms with van der Waals surface area (Å²) in [7, 11) is 3.44. The first kappa shape index (κ1) is 17.3. The van der Waals surface area contributed by atoms with Gasteiger partial charge in [-0.1, -0.05) is 6.42 Å². The summed E-state index contributed by atoms with van der Waals surface area (Å²) in [4.78, 5) is 6.72. The average Bonchev–Trinajstić information content (AvgIpc) is 3.06. The third kappa shape index (κ3) is 3.43. The van der Waals surface area contributed by atoms with Crippen molar-refractivity contribution >= 4 is 5.69 Å². The van der Waals surface area contributed by atoms with E-state index in [-0.39, 0.29) is 0 Å². The number of aromatic nitrogens is 3. The second kappa shape index (κ2) is 7.66. The number of anilines is 1. The van der Waals surface area contributed by atoms with Crippen molar-refractivity contribution in [1.82, 2.24) is 14.8 Å². The van der Waals surface area contributed by atoms with Crippen molar-refractivity contribution in [1.29, 1.82) is 0 Å². The Bertz CT molecular complexity index is 733. The van der Waals surface area contributed by atoms with Crippen molar-refractivity contribution in [3.8, 4) is 11.6 Å². The summed E-state index contributed by atoms with van der Waals surface area (Å²) in [5.41, 5.74) is 3.57. The molecular weight excluding hydrogens is 328 g/mol. The summed E-state index contributed by atoms with van der Waals surface area (Å²) in [5, 5.41) is 4.98. The number of rotatable bonds is 6. The topological polar surface area (TPSA) is 52.4 Å². The summed E-state index contributed by atoms with van der Waals surface area (Å²) < 4.78 is 12.6. The van der Waals surface area contributed by atoms with E-state index in [1.165, 1.54) is 43.5 Å². The maximum Gasteiger partial charge on any atom is 0.215 e. The van der Waals surface area contributed by atoms with Gasteiger partial charge in [-0.3, -0.25) is 0 Å². The van der Waals surface area contributed by atoms with Crippen LogP contribution >= 0.6 is 0 Å². The van der Waals surface area contributed by atoms with Gasteiger partial charge in [-0.15, -0.1) is 0 Å². The lowest BCUT2D eigenvalue weighted by atomic mass is 9.82. The number of hydrogen-bond acceptors (Lipinski definition) is 5. The minimum Gasteiger partial charge on any atom is -0.481 e. The highest BCUT2D eigenvalue weighted by Crippen LogP contribution is 2.41. The monoisotopic (exact) mass is 356 g/mol. The number of nitrogens with zero attached hydrogens (tertiary/aromatic N) is 4. The average molecular weight is 356 g/mol. The predicted molar refractivity (Wildman–Crippen MR) is 101 cm³/mol. The molecule has 140 valence electrons. The summed E-state index contributed by atoms with van der Waals surface area (Å²) in [5.74, 6) is 1.90. The molecule has 0 atom stereocenters. The van der Waals surface area contributed by atoms with Crippen LogP contribution in [0.2, 0.25) is 0 Å². The van der Waals surface area contributed by atoms with E-state index in [0.717, 1.165) is 25.4 Å². The molecule has 6 heteroatoms. The van der Waals surface area contributed by atoms with Gasteiger partial charge < -0.3 is 14.4 Å². The molecule has 1 aliphatic heterocycles. The quantitative estimate of drug-likeness (QED) is 0.794. The number of hydrogen-bond donors (Lipinski definition) is 0. The van der Waals surface area contributed by atoms with Crippen molar-refractivity contribution in [2.45, 2.75) is 38.0 Å². The van der Waals surface area contributed by atoms with Crippen LogP contribution in [0.1, 0.15) is 43.7 Å². The van der Waals surface area contributed by atoms with Gasteiger partial charge in [-0.25, -0.2) is 9.67 Å². The summed E-state index contributed by atoms with van der Waals surface area (Å²) in [6.45, 7) is 3.04. The lowest BCUT2D eigenvalue weighted by Crippen LogP contribution is -2.35. The second-order valence-electron chi connectivity index (χ2n) is 7.41. The van der Waals surface area contributed by atoms with Gasteiger partial charge in [0.2, 0.25) is 5.88 Å². The first-order chi connectivity index (χ1) is 12.8. The van der Waals surface area contributed by atoms with Gasteiger partial charge in [-0.2, -0.15) is 5.10 Å². The van der Waals surface area contributed by atoms with E-state index in [4.69, 9.17) is 14.6 Å². The fraction of sp³-hybridized carbons (Fsp3) is 0.600. The summed E-state index contributed by atoms with van der Waals surface area (Å²) >= 11 is 0. The fourth-order valence-electron chi connectivity index (χ4n) is 3.96. The van der Waals surface area contributed by atoms with Crippen LogP contribution in [0.4, 0.5) is 5.69 Å². The zero-order chi connectivity index (χ0) is 17.9. The van der Waals surface area contributed by atoms with Gasteiger partial charge in [0.05, 0.1) is 30.4 Å². The van der Waals surface area contributed by atoms with Crippen LogP contribution in [0.15, 0.2) is 24.5 Å². The van der Waals surface area contributed by atoms with Crippen LogP contribution in [0.5, 0.6) is 5.88 Å². The molecule has 4 rings (SSSR count). The molecule has 0 amide bonds. The first-order valence-corrected chi connectivity index (χ1v) is 9.62. The van der Waals surface area contributed by atoms with Crippen molar-refractivity contribution in [3.63, 3.8) is 0 Å². The molecule has 1 saturated carbocycles. The van der Waals surface area contributed by atoms with E-state index in [2.05, 4.69) is 16.1 Å². The Labute approximate surface area is 155 Å². The second-order valence-corrected chi connectivity index (χ2v) is 7.41. The number of piperidine rings is 1. The first-order valence-electron chi connectivity index (χ1n) is 9.62. The highest BCUT2D eigenvalue weighted by atomic mass is 16.5. The molecule has 0 spiro atoms. The third-order valence-corrected chi connectivity index (χ3v) is 5.76. The Morgan fingerprint density at radius 3 is 2.62 bits per heavy atom. The van der Waals surface area contributed by atoms with Gasteiger partial charge in [0.1, 0.15) is 0 Å². The van der Waals surface area contributed by atoms with Crippen LogP contribution in [0.25, 0.3) is 5.69 Å². The molecule has 0 N–H and O–H groups in total. The molecule has 0 bridgehead atoms. The normalized spacial score (nSPS) is 18.8. The Hall–Kier alpha value is -2.08. The minimum absolute atomic E-state index is 0.603. The van der Waals surface area contributed by atoms with Gasteiger partial charge in [0, 0.05) is 45.0 Å². The van der Waals surface area contributed by atoms with Gasteiger partial charge >= 0.3 is 0 Å². The lowest BCUT2D eigenvalue weighted by molar-refractivity contribution is 0.139. The molecule has 0 aromatic carbocycles. The van der Waals surface area contributed by atoms with Gasteiger partial charge in [0.15, 0.2) is 0 Å². The summed E-state index contributed by atoms with van der Waals surface area (Å²) in [6, 6.07) is 3.92. The van der Waals surface area contributed by atoms with Crippen LogP contribution in [-0.4, -0.2) is 48.7 Å². The van der Waals surface area contributed by atoms with Crippen molar-refractivity contribution in [2.75, 3.05) is 38.8 Å². The third-order valence-electron chi connectivity index (χ3n) is 5.76. The van der Waals surface area contributed by atoms with E-state index < -0.39 is 0 Å². The molecule has 6 nitrogen and oxygen atoms in total. The number of pyridine rings is 1. The number of methoxy groups -OCH3 is 2. The van der Waals surface area contributed by atoms with E-state index in [1.54, 1.807) is 20.4 Å². The molecule has 3 heterocycles. The van der Waals surface area contributed by atoms with Gasteiger partial charge in [-0.05, 0) is 37.7 Å². The van der Waals surface area contributed by atoms with Crippen molar-refractivity contribution in [3.05, 3.63) is 30.2 Å². The summed E-state index contributed by atoms with van der Waals surface area (Å²) in [6.07, 6.45) is 10.2. The maximum absolute atomic E-state index is 5.34. The van der Waals surface area contributed by atoms with Crippen molar-refractivity contribution in [2.24, 2.45) is 5.92 Å². The highest BCUT2D eigenvalue weighted by molar-refractivity contribution is 5.54. The zero-order valence-electron chi connectivity index (χ0n) is 15.7. The Balaban J connectivity index is 1.60. The largest absolute Gasteiger partial charge is 0.481 e. The molecule has 1 aliphatic carbocycles. The van der Waals surface area contributed by atoms with E-state index in [1.807, 2.05) is 16.8 Å². The minimum atomic E-state index is 0.603. The van der Waals surface area contributed by atoms with Gasteiger partial charge in [0.25, 0.3) is 0 Å². The molecule has 2 aliphatic rings. The van der Waals surface area contributed by atoms with Crippen LogP contribution in [-0.2, 0) is 4.74 Å². The Kier molecular flexibility index (Phi) is 5.11. The van der Waals surface area contributed by atoms with Crippen LogP contribution in [0.3, 0.4) is 0 Å². The SMILES string of the molecule is COCC1CCN(c2cn(-c3ccnc(OC)c3)nc2C2CCC2)CC1. The predicted octanol–water partition coefficient (Wildman–Crippen LogP) is 3.41. The van der Waals surface area contributed by atoms with E-state index >= 15 is 0 Å².